The van der Waals surface area contributed by atoms with Crippen molar-refractivity contribution < 1.29 is 10.2 Å². The second-order valence-electron chi connectivity index (χ2n) is 4.12. The van der Waals surface area contributed by atoms with Crippen molar-refractivity contribution in [3.8, 4) is 5.75 Å². The van der Waals surface area contributed by atoms with Gasteiger partial charge in [-0.2, -0.15) is 0 Å². The first kappa shape index (κ1) is 9.49. The summed E-state index contributed by atoms with van der Waals surface area (Å²) in [7, 11) is 0. The van der Waals surface area contributed by atoms with E-state index in [9.17, 15) is 5.11 Å². The fourth-order valence-electron chi connectivity index (χ4n) is 1.63. The number of para-hydroxylation sites is 1. The molecule has 0 aliphatic heterocycles. The van der Waals surface area contributed by atoms with Crippen LogP contribution in [0.15, 0.2) is 18.2 Å². The standard InChI is InChI=1S/C11H15NO2/c12-11(4-5-11)6-8-2-1-3-9(7-13)10(8)14/h1-3,13-14H,4-7,12H2. The Morgan fingerprint density at radius 3 is 2.50 bits per heavy atom. The number of aliphatic hydroxyl groups is 1. The van der Waals surface area contributed by atoms with E-state index < -0.39 is 0 Å². The molecule has 3 nitrogen and oxygen atoms in total. The zero-order valence-electron chi connectivity index (χ0n) is 8.03. The zero-order valence-corrected chi connectivity index (χ0v) is 8.03. The van der Waals surface area contributed by atoms with Crippen molar-refractivity contribution in [3.63, 3.8) is 0 Å². The van der Waals surface area contributed by atoms with Crippen molar-refractivity contribution in [3.05, 3.63) is 29.3 Å². The first-order chi connectivity index (χ1) is 6.64. The smallest absolute Gasteiger partial charge is 0.124 e. The molecule has 0 unspecified atom stereocenters. The van der Waals surface area contributed by atoms with Crippen LogP contribution in [0.4, 0.5) is 0 Å². The summed E-state index contributed by atoms with van der Waals surface area (Å²) in [6.07, 6.45) is 2.75. The van der Waals surface area contributed by atoms with Gasteiger partial charge in [-0.25, -0.2) is 0 Å². The molecule has 0 heterocycles. The number of aliphatic hydroxyl groups excluding tert-OH is 1. The topological polar surface area (TPSA) is 66.5 Å². The maximum atomic E-state index is 9.76. The average Bonchev–Trinajstić information content (AvgIpc) is 2.88. The maximum absolute atomic E-state index is 9.76. The van der Waals surface area contributed by atoms with Crippen LogP contribution < -0.4 is 5.73 Å². The van der Waals surface area contributed by atoms with E-state index in [-0.39, 0.29) is 17.9 Å². The lowest BCUT2D eigenvalue weighted by molar-refractivity contribution is 0.275. The highest BCUT2D eigenvalue weighted by molar-refractivity contribution is 5.41. The molecule has 0 amide bonds. The zero-order chi connectivity index (χ0) is 10.2. The number of rotatable bonds is 3. The van der Waals surface area contributed by atoms with E-state index in [1.165, 1.54) is 0 Å². The highest BCUT2D eigenvalue weighted by Crippen LogP contribution is 2.38. The molecule has 0 saturated heterocycles. The summed E-state index contributed by atoms with van der Waals surface area (Å²) in [6.45, 7) is -0.128. The van der Waals surface area contributed by atoms with Crippen molar-refractivity contribution in [1.29, 1.82) is 0 Å². The third-order valence-corrected chi connectivity index (χ3v) is 2.81. The van der Waals surface area contributed by atoms with Crippen molar-refractivity contribution >= 4 is 0 Å². The number of aromatic hydroxyl groups is 1. The quantitative estimate of drug-likeness (QED) is 0.668. The molecule has 4 N–H and O–H groups in total. The Balaban J connectivity index is 2.24. The van der Waals surface area contributed by atoms with Crippen molar-refractivity contribution in [2.45, 2.75) is 31.4 Å². The minimum Gasteiger partial charge on any atom is -0.507 e. The van der Waals surface area contributed by atoms with Crippen LogP contribution in [0.3, 0.4) is 0 Å². The molecule has 1 aromatic rings. The first-order valence-corrected chi connectivity index (χ1v) is 4.84. The molecular weight excluding hydrogens is 178 g/mol. The van der Waals surface area contributed by atoms with Gasteiger partial charge in [0.15, 0.2) is 0 Å². The van der Waals surface area contributed by atoms with E-state index in [1.54, 1.807) is 6.07 Å². The van der Waals surface area contributed by atoms with E-state index in [2.05, 4.69) is 0 Å². The van der Waals surface area contributed by atoms with Gasteiger partial charge in [0.2, 0.25) is 0 Å². The summed E-state index contributed by atoms with van der Waals surface area (Å²) in [4.78, 5) is 0. The van der Waals surface area contributed by atoms with Gasteiger partial charge in [0.25, 0.3) is 0 Å². The lowest BCUT2D eigenvalue weighted by Crippen LogP contribution is -2.24. The SMILES string of the molecule is NC1(Cc2cccc(CO)c2O)CC1. The van der Waals surface area contributed by atoms with Crippen molar-refractivity contribution in [1.82, 2.24) is 0 Å². The van der Waals surface area contributed by atoms with Gasteiger partial charge in [0, 0.05) is 11.1 Å². The molecule has 1 aliphatic carbocycles. The van der Waals surface area contributed by atoms with Crippen LogP contribution >= 0.6 is 0 Å². The van der Waals surface area contributed by atoms with Crippen LogP contribution in [0.5, 0.6) is 5.75 Å². The van der Waals surface area contributed by atoms with Crippen molar-refractivity contribution in [2.24, 2.45) is 5.73 Å². The fraction of sp³-hybridized carbons (Fsp3) is 0.455. The summed E-state index contributed by atoms with van der Waals surface area (Å²) in [6, 6.07) is 5.42. The second-order valence-corrected chi connectivity index (χ2v) is 4.12. The van der Waals surface area contributed by atoms with Gasteiger partial charge in [0.05, 0.1) is 6.61 Å². The molecule has 14 heavy (non-hydrogen) atoms. The van der Waals surface area contributed by atoms with Crippen LogP contribution in [-0.4, -0.2) is 15.8 Å². The monoisotopic (exact) mass is 193 g/mol. The fourth-order valence-corrected chi connectivity index (χ4v) is 1.63. The van der Waals surface area contributed by atoms with Crippen LogP contribution in [0.2, 0.25) is 0 Å². The van der Waals surface area contributed by atoms with E-state index in [4.69, 9.17) is 10.8 Å². The summed E-state index contributed by atoms with van der Waals surface area (Å²) in [5.74, 6) is 0.201. The normalized spacial score (nSPS) is 18.1. The molecule has 3 heteroatoms. The average molecular weight is 193 g/mol. The van der Waals surface area contributed by atoms with Gasteiger partial charge < -0.3 is 15.9 Å². The third-order valence-electron chi connectivity index (χ3n) is 2.81. The Morgan fingerprint density at radius 1 is 1.29 bits per heavy atom. The molecule has 2 rings (SSSR count). The Kier molecular flexibility index (Phi) is 2.21. The summed E-state index contributed by atoms with van der Waals surface area (Å²) >= 11 is 0. The van der Waals surface area contributed by atoms with E-state index in [0.29, 0.717) is 12.0 Å². The largest absolute Gasteiger partial charge is 0.507 e. The second kappa shape index (κ2) is 3.26. The van der Waals surface area contributed by atoms with Gasteiger partial charge in [-0.1, -0.05) is 18.2 Å². The molecule has 0 aromatic heterocycles. The summed E-state index contributed by atoms with van der Waals surface area (Å²) in [5.41, 5.74) is 7.28. The molecule has 76 valence electrons. The molecule has 0 radical (unpaired) electrons. The van der Waals surface area contributed by atoms with Gasteiger partial charge in [-0.05, 0) is 24.8 Å². The van der Waals surface area contributed by atoms with Gasteiger partial charge >= 0.3 is 0 Å². The van der Waals surface area contributed by atoms with Gasteiger partial charge in [-0.15, -0.1) is 0 Å². The molecule has 1 saturated carbocycles. The maximum Gasteiger partial charge on any atom is 0.124 e. The number of hydrogen-bond donors (Lipinski definition) is 3. The van der Waals surface area contributed by atoms with E-state index in [0.717, 1.165) is 18.4 Å². The lowest BCUT2D eigenvalue weighted by atomic mass is 10.0. The Labute approximate surface area is 83.2 Å². The molecular formula is C11H15NO2. The van der Waals surface area contributed by atoms with Crippen LogP contribution in [-0.2, 0) is 13.0 Å². The molecule has 1 aromatic carbocycles. The minimum atomic E-state index is -0.128. The van der Waals surface area contributed by atoms with Crippen molar-refractivity contribution in [2.75, 3.05) is 0 Å². The van der Waals surface area contributed by atoms with Gasteiger partial charge in [0.1, 0.15) is 5.75 Å². The molecule has 0 bridgehead atoms. The predicted molar refractivity (Wildman–Crippen MR) is 53.9 cm³/mol. The molecule has 0 atom stereocenters. The van der Waals surface area contributed by atoms with E-state index in [1.807, 2.05) is 12.1 Å². The summed E-state index contributed by atoms with van der Waals surface area (Å²) in [5, 5.41) is 18.7. The van der Waals surface area contributed by atoms with Crippen LogP contribution in [0.1, 0.15) is 24.0 Å². The first-order valence-electron chi connectivity index (χ1n) is 4.84. The summed E-state index contributed by atoms with van der Waals surface area (Å²) < 4.78 is 0. The number of benzene rings is 1. The number of hydrogen-bond acceptors (Lipinski definition) is 3. The Morgan fingerprint density at radius 2 is 1.93 bits per heavy atom. The van der Waals surface area contributed by atoms with Crippen LogP contribution in [0.25, 0.3) is 0 Å². The van der Waals surface area contributed by atoms with Crippen LogP contribution in [0, 0.1) is 0 Å². The number of nitrogens with two attached hydrogens (primary N) is 1. The molecule has 1 fully saturated rings. The Hall–Kier alpha value is -1.06. The predicted octanol–water partition coefficient (Wildman–Crippen LogP) is 0.918. The minimum absolute atomic E-state index is 0.106. The van der Waals surface area contributed by atoms with Gasteiger partial charge in [-0.3, -0.25) is 0 Å². The number of phenols is 1. The third kappa shape index (κ3) is 1.74. The lowest BCUT2D eigenvalue weighted by Gasteiger charge is -2.11. The molecule has 0 spiro atoms. The Bertz CT molecular complexity index is 345. The molecule has 1 aliphatic rings. The highest BCUT2D eigenvalue weighted by Gasteiger charge is 2.38. The highest BCUT2D eigenvalue weighted by atomic mass is 16.3. The van der Waals surface area contributed by atoms with E-state index >= 15 is 0 Å².